The smallest absolute Gasteiger partial charge is 0.302 e. The molecule has 6 nitrogen and oxygen atoms in total. The predicted molar refractivity (Wildman–Crippen MR) is 136 cm³/mol. The number of carbonyl (C=O) groups excluding carboxylic acids is 1. The van der Waals surface area contributed by atoms with Crippen LogP contribution >= 0.6 is 0 Å². The number of benzene rings is 3. The zero-order valence-electron chi connectivity index (χ0n) is 20.5. The van der Waals surface area contributed by atoms with Crippen LogP contribution in [0.2, 0.25) is 0 Å². The summed E-state index contributed by atoms with van der Waals surface area (Å²) in [7, 11) is 0. The first-order valence-electron chi connectivity index (χ1n) is 12.1. The number of carbonyl (C=O) groups is 1. The third-order valence-corrected chi connectivity index (χ3v) is 5.82. The van der Waals surface area contributed by atoms with E-state index in [1.54, 1.807) is 6.26 Å². The van der Waals surface area contributed by atoms with E-state index in [-0.39, 0.29) is 12.6 Å². The van der Waals surface area contributed by atoms with E-state index >= 15 is 0 Å². The molecule has 3 aromatic carbocycles. The first kappa shape index (κ1) is 25.6. The van der Waals surface area contributed by atoms with Gasteiger partial charge in [-0.25, -0.2) is 0 Å². The molecule has 1 heterocycles. The number of rotatable bonds is 12. The lowest BCUT2D eigenvalue weighted by molar-refractivity contribution is -0.157. The predicted octanol–water partition coefficient (Wildman–Crippen LogP) is 5.22. The summed E-state index contributed by atoms with van der Waals surface area (Å²) in [6, 6.07) is 29.9. The molecule has 3 atom stereocenters. The van der Waals surface area contributed by atoms with Gasteiger partial charge in [0.15, 0.2) is 0 Å². The minimum Gasteiger partial charge on any atom is -0.493 e. The van der Waals surface area contributed by atoms with E-state index in [0.29, 0.717) is 32.0 Å². The molecule has 0 radical (unpaired) electrons. The fourth-order valence-corrected chi connectivity index (χ4v) is 3.95. The van der Waals surface area contributed by atoms with Crippen LogP contribution in [0.1, 0.15) is 23.6 Å². The summed E-state index contributed by atoms with van der Waals surface area (Å²) >= 11 is 0. The van der Waals surface area contributed by atoms with Gasteiger partial charge in [-0.1, -0.05) is 91.0 Å². The van der Waals surface area contributed by atoms with Gasteiger partial charge in [0.2, 0.25) is 0 Å². The van der Waals surface area contributed by atoms with Gasteiger partial charge < -0.3 is 23.7 Å². The monoisotopic (exact) mass is 488 g/mol. The zero-order chi connectivity index (χ0) is 25.0. The lowest BCUT2D eigenvalue weighted by Gasteiger charge is -2.37. The highest BCUT2D eigenvalue weighted by Crippen LogP contribution is 2.27. The van der Waals surface area contributed by atoms with Gasteiger partial charge in [0.25, 0.3) is 0 Å². The SMILES string of the molecule is CC(=O)OCC1=CO[C@H](COCc2ccccc2)[C@@H](OCc2ccccc2)[C@@H]1OCc1ccccc1. The topological polar surface area (TPSA) is 63.2 Å². The van der Waals surface area contributed by atoms with Gasteiger partial charge in [-0.3, -0.25) is 4.79 Å². The maximum Gasteiger partial charge on any atom is 0.302 e. The number of hydrogen-bond acceptors (Lipinski definition) is 6. The van der Waals surface area contributed by atoms with Crippen LogP contribution in [-0.4, -0.2) is 37.5 Å². The Hall–Kier alpha value is -3.45. The molecular formula is C30H32O6. The Bertz CT molecular complexity index is 1080. The molecule has 0 aliphatic carbocycles. The summed E-state index contributed by atoms with van der Waals surface area (Å²) in [5.74, 6) is -0.368. The Labute approximate surface area is 212 Å². The summed E-state index contributed by atoms with van der Waals surface area (Å²) in [6.07, 6.45) is 0.268. The highest BCUT2D eigenvalue weighted by molar-refractivity contribution is 5.66. The Morgan fingerprint density at radius 3 is 1.81 bits per heavy atom. The molecule has 4 rings (SSSR count). The quantitative estimate of drug-likeness (QED) is 0.326. The fourth-order valence-electron chi connectivity index (χ4n) is 3.95. The zero-order valence-corrected chi connectivity index (χ0v) is 20.5. The molecule has 0 N–H and O–H groups in total. The van der Waals surface area contributed by atoms with E-state index in [4.69, 9.17) is 23.7 Å². The summed E-state index contributed by atoms with van der Waals surface area (Å²) in [5, 5.41) is 0. The van der Waals surface area contributed by atoms with E-state index in [1.165, 1.54) is 6.92 Å². The average Bonchev–Trinajstić information content (AvgIpc) is 2.92. The Morgan fingerprint density at radius 2 is 1.25 bits per heavy atom. The molecule has 0 spiro atoms. The van der Waals surface area contributed by atoms with Crippen molar-refractivity contribution in [3.8, 4) is 0 Å². The molecule has 0 amide bonds. The van der Waals surface area contributed by atoms with Crippen LogP contribution in [0, 0.1) is 0 Å². The molecule has 1 aliphatic rings. The molecule has 1 aliphatic heterocycles. The van der Waals surface area contributed by atoms with Crippen molar-refractivity contribution in [2.45, 2.75) is 45.1 Å². The Morgan fingerprint density at radius 1 is 0.722 bits per heavy atom. The molecule has 0 fully saturated rings. The Balaban J connectivity index is 1.51. The molecular weight excluding hydrogens is 456 g/mol. The van der Waals surface area contributed by atoms with Gasteiger partial charge in [-0.05, 0) is 16.7 Å². The lowest BCUT2D eigenvalue weighted by Crippen LogP contribution is -2.48. The number of esters is 1. The van der Waals surface area contributed by atoms with Gasteiger partial charge in [0, 0.05) is 12.5 Å². The van der Waals surface area contributed by atoms with E-state index in [1.807, 2.05) is 91.0 Å². The summed E-state index contributed by atoms with van der Waals surface area (Å²) in [6.45, 7) is 3.00. The van der Waals surface area contributed by atoms with E-state index < -0.39 is 18.3 Å². The maximum atomic E-state index is 11.5. The first-order valence-corrected chi connectivity index (χ1v) is 12.1. The average molecular weight is 489 g/mol. The molecule has 0 saturated carbocycles. The molecule has 36 heavy (non-hydrogen) atoms. The minimum absolute atomic E-state index is 0.0670. The summed E-state index contributed by atoms with van der Waals surface area (Å²) in [5.41, 5.74) is 3.87. The second kappa shape index (κ2) is 13.6. The van der Waals surface area contributed by atoms with Crippen LogP contribution in [0.3, 0.4) is 0 Å². The van der Waals surface area contributed by atoms with Crippen LogP contribution in [0.15, 0.2) is 103 Å². The van der Waals surface area contributed by atoms with E-state index in [0.717, 1.165) is 16.7 Å². The molecule has 188 valence electrons. The van der Waals surface area contributed by atoms with Crippen LogP contribution in [0.4, 0.5) is 0 Å². The van der Waals surface area contributed by atoms with Crippen molar-refractivity contribution in [3.05, 3.63) is 120 Å². The highest BCUT2D eigenvalue weighted by atomic mass is 16.6. The van der Waals surface area contributed by atoms with Crippen molar-refractivity contribution in [2.24, 2.45) is 0 Å². The maximum absolute atomic E-state index is 11.5. The third kappa shape index (κ3) is 7.78. The van der Waals surface area contributed by atoms with Gasteiger partial charge in [-0.2, -0.15) is 0 Å². The third-order valence-electron chi connectivity index (χ3n) is 5.82. The highest BCUT2D eigenvalue weighted by Gasteiger charge is 2.39. The standard InChI is InChI=1S/C30H32O6/c1-23(31)33-20-27-21-34-28(22-32-17-24-11-5-2-6-12-24)30(36-19-26-15-9-4-10-16-26)29(27)35-18-25-13-7-3-8-14-25/h2-16,21,28-30H,17-20,22H2,1H3/t28-,29-,30-/m1/s1. The number of hydrogen-bond donors (Lipinski definition) is 0. The lowest BCUT2D eigenvalue weighted by atomic mass is 9.98. The van der Waals surface area contributed by atoms with E-state index in [9.17, 15) is 4.79 Å². The van der Waals surface area contributed by atoms with Crippen molar-refractivity contribution >= 4 is 5.97 Å². The normalized spacial score (nSPS) is 19.2. The molecule has 6 heteroatoms. The second-order valence-corrected chi connectivity index (χ2v) is 8.63. The molecule has 0 unspecified atom stereocenters. The minimum atomic E-state index is -0.479. The summed E-state index contributed by atoms with van der Waals surface area (Å²) < 4.78 is 30.2. The molecule has 0 saturated heterocycles. The van der Waals surface area contributed by atoms with Crippen molar-refractivity contribution in [1.29, 1.82) is 0 Å². The van der Waals surface area contributed by atoms with Crippen LogP contribution in [0.5, 0.6) is 0 Å². The van der Waals surface area contributed by atoms with Crippen molar-refractivity contribution < 1.29 is 28.5 Å². The first-order chi connectivity index (χ1) is 17.7. The van der Waals surface area contributed by atoms with Crippen LogP contribution in [0.25, 0.3) is 0 Å². The van der Waals surface area contributed by atoms with Crippen LogP contribution in [-0.2, 0) is 48.3 Å². The van der Waals surface area contributed by atoms with Crippen LogP contribution < -0.4 is 0 Å². The number of ether oxygens (including phenoxy) is 5. The van der Waals surface area contributed by atoms with Crippen molar-refractivity contribution in [1.82, 2.24) is 0 Å². The molecule has 3 aromatic rings. The van der Waals surface area contributed by atoms with E-state index in [2.05, 4.69) is 0 Å². The molecule has 0 bridgehead atoms. The summed E-state index contributed by atoms with van der Waals surface area (Å²) in [4.78, 5) is 11.5. The Kier molecular flexibility index (Phi) is 9.68. The largest absolute Gasteiger partial charge is 0.493 e. The van der Waals surface area contributed by atoms with Gasteiger partial charge >= 0.3 is 5.97 Å². The van der Waals surface area contributed by atoms with Crippen molar-refractivity contribution in [3.63, 3.8) is 0 Å². The van der Waals surface area contributed by atoms with Gasteiger partial charge in [0.05, 0.1) is 32.7 Å². The molecule has 0 aromatic heterocycles. The second-order valence-electron chi connectivity index (χ2n) is 8.63. The van der Waals surface area contributed by atoms with Gasteiger partial charge in [-0.15, -0.1) is 0 Å². The van der Waals surface area contributed by atoms with Gasteiger partial charge in [0.1, 0.15) is 24.9 Å². The fraction of sp³-hybridized carbons (Fsp3) is 0.300. The van der Waals surface area contributed by atoms with Crippen molar-refractivity contribution in [2.75, 3.05) is 13.2 Å².